The molecule has 0 spiro atoms. The van der Waals surface area contributed by atoms with Crippen molar-refractivity contribution in [3.63, 3.8) is 0 Å². The molecular formula is C28H38N2O2. The number of hydrazone groups is 1. The van der Waals surface area contributed by atoms with Gasteiger partial charge in [-0.15, -0.1) is 0 Å². The van der Waals surface area contributed by atoms with Crippen molar-refractivity contribution in [1.29, 1.82) is 0 Å². The number of nitrogens with zero attached hydrogens (tertiary/aromatic N) is 1. The van der Waals surface area contributed by atoms with Gasteiger partial charge < -0.3 is 4.74 Å². The zero-order valence-electron chi connectivity index (χ0n) is 20.5. The highest BCUT2D eigenvalue weighted by molar-refractivity contribution is 5.99. The van der Waals surface area contributed by atoms with Gasteiger partial charge in [0.2, 0.25) is 0 Å². The number of hydrogen-bond donors (Lipinski definition) is 1. The van der Waals surface area contributed by atoms with E-state index in [2.05, 4.69) is 75.5 Å². The van der Waals surface area contributed by atoms with Crippen LogP contribution in [0.1, 0.15) is 83.1 Å². The maximum Gasteiger partial charge on any atom is 0.277 e. The van der Waals surface area contributed by atoms with E-state index in [1.807, 2.05) is 19.1 Å². The summed E-state index contributed by atoms with van der Waals surface area (Å²) in [5, 5.41) is 4.27. The number of fused-ring (bicyclic) bond motifs is 1. The number of hydrogen-bond acceptors (Lipinski definition) is 3. The molecule has 32 heavy (non-hydrogen) atoms. The van der Waals surface area contributed by atoms with E-state index >= 15 is 0 Å². The average Bonchev–Trinajstić information content (AvgIpc) is 2.74. The van der Waals surface area contributed by atoms with Crippen LogP contribution in [0.4, 0.5) is 0 Å². The Hall–Kier alpha value is -2.62. The third-order valence-corrected chi connectivity index (χ3v) is 6.09. The molecule has 0 radical (unpaired) electrons. The maximum atomic E-state index is 12.2. The summed E-state index contributed by atoms with van der Waals surface area (Å²) in [7, 11) is 0. The highest BCUT2D eigenvalue weighted by Crippen LogP contribution is 2.36. The van der Waals surface area contributed by atoms with Crippen LogP contribution in [0.25, 0.3) is 0 Å². The normalized spacial score (nSPS) is 14.6. The minimum absolute atomic E-state index is 0.0638. The van der Waals surface area contributed by atoms with Crippen molar-refractivity contribution < 1.29 is 9.53 Å². The average molecular weight is 435 g/mol. The first-order valence-corrected chi connectivity index (χ1v) is 11.7. The zero-order valence-corrected chi connectivity index (χ0v) is 20.5. The molecule has 1 N–H and O–H groups in total. The van der Waals surface area contributed by atoms with Gasteiger partial charge in [-0.2, -0.15) is 5.10 Å². The summed E-state index contributed by atoms with van der Waals surface area (Å²) in [6, 6.07) is 14.6. The third kappa shape index (κ3) is 6.69. The van der Waals surface area contributed by atoms with Crippen molar-refractivity contribution in [3.8, 4) is 5.75 Å². The molecule has 4 heteroatoms. The van der Waals surface area contributed by atoms with Crippen molar-refractivity contribution >= 4 is 11.6 Å². The molecule has 1 aliphatic carbocycles. The molecule has 0 heterocycles. The van der Waals surface area contributed by atoms with Gasteiger partial charge in [-0.3, -0.25) is 4.79 Å². The van der Waals surface area contributed by atoms with E-state index in [0.29, 0.717) is 5.75 Å². The molecule has 0 aliphatic heterocycles. The van der Waals surface area contributed by atoms with E-state index in [4.69, 9.17) is 4.74 Å². The summed E-state index contributed by atoms with van der Waals surface area (Å²) in [4.78, 5) is 12.2. The Morgan fingerprint density at radius 1 is 0.969 bits per heavy atom. The van der Waals surface area contributed by atoms with Crippen LogP contribution in [-0.2, 0) is 23.1 Å². The van der Waals surface area contributed by atoms with Crippen molar-refractivity contribution in [3.05, 3.63) is 64.7 Å². The van der Waals surface area contributed by atoms with Gasteiger partial charge in [0.1, 0.15) is 5.75 Å². The summed E-state index contributed by atoms with van der Waals surface area (Å²) in [5.74, 6) is 0.422. The van der Waals surface area contributed by atoms with Crippen LogP contribution >= 0.6 is 0 Å². The van der Waals surface area contributed by atoms with Gasteiger partial charge in [-0.05, 0) is 90.3 Å². The Morgan fingerprint density at radius 2 is 1.62 bits per heavy atom. The van der Waals surface area contributed by atoms with E-state index in [0.717, 1.165) is 30.5 Å². The van der Waals surface area contributed by atoms with Crippen LogP contribution < -0.4 is 10.2 Å². The first kappa shape index (κ1) is 24.0. The molecule has 0 bridgehead atoms. The number of amides is 1. The molecule has 0 atom stereocenters. The van der Waals surface area contributed by atoms with Crippen LogP contribution in [0, 0.1) is 5.41 Å². The second-order valence-corrected chi connectivity index (χ2v) is 10.9. The fourth-order valence-corrected chi connectivity index (χ4v) is 4.78. The van der Waals surface area contributed by atoms with Gasteiger partial charge in [0.15, 0.2) is 6.61 Å². The molecular weight excluding hydrogens is 396 g/mol. The number of aryl methyl sites for hydroxylation is 2. The summed E-state index contributed by atoms with van der Waals surface area (Å²) < 4.78 is 5.67. The first-order chi connectivity index (χ1) is 15.0. The predicted molar refractivity (Wildman–Crippen MR) is 132 cm³/mol. The SMILES string of the molecule is CC(=NNC(=O)COc1ccc(C(C)(C)CC(C)(C)C)cc1)c1ccc2c(c1)CCCC2. The van der Waals surface area contributed by atoms with Gasteiger partial charge >= 0.3 is 0 Å². The molecule has 4 nitrogen and oxygen atoms in total. The Balaban J connectivity index is 1.52. The predicted octanol–water partition coefficient (Wildman–Crippen LogP) is 6.20. The summed E-state index contributed by atoms with van der Waals surface area (Å²) in [6.45, 7) is 13.2. The van der Waals surface area contributed by atoms with Gasteiger partial charge in [0, 0.05) is 0 Å². The molecule has 172 valence electrons. The number of carbonyl (C=O) groups is 1. The van der Waals surface area contributed by atoms with Crippen LogP contribution in [0.2, 0.25) is 0 Å². The number of rotatable bonds is 7. The number of nitrogens with one attached hydrogen (secondary N) is 1. The fraction of sp³-hybridized carbons (Fsp3) is 0.500. The number of ether oxygens (including phenoxy) is 1. The lowest BCUT2D eigenvalue weighted by molar-refractivity contribution is -0.123. The van der Waals surface area contributed by atoms with Crippen molar-refractivity contribution in [2.45, 2.75) is 79.1 Å². The van der Waals surface area contributed by atoms with E-state index in [1.165, 1.54) is 29.5 Å². The van der Waals surface area contributed by atoms with Crippen molar-refractivity contribution in [2.24, 2.45) is 10.5 Å². The number of carbonyl (C=O) groups excluding carboxylic acids is 1. The fourth-order valence-electron chi connectivity index (χ4n) is 4.78. The van der Waals surface area contributed by atoms with E-state index < -0.39 is 0 Å². The van der Waals surface area contributed by atoms with Gasteiger partial charge in [-0.1, -0.05) is 58.9 Å². The Labute approximate surface area is 193 Å². The summed E-state index contributed by atoms with van der Waals surface area (Å²) >= 11 is 0. The van der Waals surface area contributed by atoms with Crippen molar-refractivity contribution in [2.75, 3.05) is 6.61 Å². The summed E-state index contributed by atoms with van der Waals surface area (Å²) in [6.07, 6.45) is 5.89. The monoisotopic (exact) mass is 434 g/mol. The molecule has 0 saturated carbocycles. The van der Waals surface area contributed by atoms with Gasteiger partial charge in [0.05, 0.1) is 5.71 Å². The summed E-state index contributed by atoms with van der Waals surface area (Å²) in [5.41, 5.74) is 8.94. The van der Waals surface area contributed by atoms with Crippen LogP contribution in [0.3, 0.4) is 0 Å². The lowest BCUT2D eigenvalue weighted by Gasteiger charge is -2.33. The second kappa shape index (κ2) is 9.89. The zero-order chi connectivity index (χ0) is 23.4. The molecule has 0 unspecified atom stereocenters. The lowest BCUT2D eigenvalue weighted by Crippen LogP contribution is -2.26. The Kier molecular flexibility index (Phi) is 7.43. The molecule has 1 amide bonds. The highest BCUT2D eigenvalue weighted by Gasteiger charge is 2.27. The van der Waals surface area contributed by atoms with Crippen LogP contribution in [0.5, 0.6) is 5.75 Å². The third-order valence-electron chi connectivity index (χ3n) is 6.09. The quantitative estimate of drug-likeness (QED) is 0.417. The molecule has 1 aliphatic rings. The smallest absolute Gasteiger partial charge is 0.277 e. The second-order valence-electron chi connectivity index (χ2n) is 10.9. The lowest BCUT2D eigenvalue weighted by atomic mass is 9.72. The topological polar surface area (TPSA) is 50.7 Å². The van der Waals surface area contributed by atoms with E-state index in [-0.39, 0.29) is 23.3 Å². The molecule has 0 fully saturated rings. The van der Waals surface area contributed by atoms with Gasteiger partial charge in [-0.25, -0.2) is 5.43 Å². The van der Waals surface area contributed by atoms with E-state index in [1.54, 1.807) is 0 Å². The number of benzene rings is 2. The standard InChI is InChI=1S/C28H38N2O2/c1-20(22-12-11-21-9-7-8-10-23(21)17-22)29-30-26(31)18-32-25-15-13-24(14-16-25)28(5,6)19-27(2,3)4/h11-17H,7-10,18-19H2,1-6H3,(H,30,31). The molecule has 0 saturated heterocycles. The maximum absolute atomic E-state index is 12.2. The van der Waals surface area contributed by atoms with Gasteiger partial charge in [0.25, 0.3) is 5.91 Å². The van der Waals surface area contributed by atoms with Crippen molar-refractivity contribution in [1.82, 2.24) is 5.43 Å². The molecule has 3 rings (SSSR count). The first-order valence-electron chi connectivity index (χ1n) is 11.7. The highest BCUT2D eigenvalue weighted by atomic mass is 16.5. The molecule has 2 aromatic rings. The minimum atomic E-state index is -0.264. The Bertz CT molecular complexity index is 966. The largest absolute Gasteiger partial charge is 0.484 e. The minimum Gasteiger partial charge on any atom is -0.484 e. The van der Waals surface area contributed by atoms with E-state index in [9.17, 15) is 4.79 Å². The molecule has 0 aromatic heterocycles. The van der Waals surface area contributed by atoms with Crippen LogP contribution in [-0.4, -0.2) is 18.2 Å². The Morgan fingerprint density at radius 3 is 2.28 bits per heavy atom. The molecule has 2 aromatic carbocycles. The van der Waals surface area contributed by atoms with Crippen LogP contribution in [0.15, 0.2) is 47.6 Å².